The minimum Gasteiger partial charge on any atom is -0.445 e. The molecule has 2 aromatic rings. The van der Waals surface area contributed by atoms with Gasteiger partial charge in [0.15, 0.2) is 0 Å². The van der Waals surface area contributed by atoms with Gasteiger partial charge in [-0.25, -0.2) is 0 Å². The van der Waals surface area contributed by atoms with Crippen molar-refractivity contribution in [3.8, 4) is 0 Å². The molecule has 0 radical (unpaired) electrons. The van der Waals surface area contributed by atoms with E-state index in [1.165, 1.54) is 36.5 Å². The van der Waals surface area contributed by atoms with E-state index in [1.54, 1.807) is 10.4 Å². The Labute approximate surface area is 148 Å². The summed E-state index contributed by atoms with van der Waals surface area (Å²) in [4.78, 5) is 0. The maximum atomic E-state index is 7.48. The van der Waals surface area contributed by atoms with Gasteiger partial charge in [0.2, 0.25) is 8.32 Å². The van der Waals surface area contributed by atoms with Crippen molar-refractivity contribution in [1.29, 1.82) is 0 Å². The molecule has 0 unspecified atom stereocenters. The van der Waals surface area contributed by atoms with Crippen LogP contribution in [0, 0.1) is 0 Å². The van der Waals surface area contributed by atoms with Crippen LogP contribution in [0.15, 0.2) is 54.6 Å². The molecular formula is C21H28OSi2. The topological polar surface area (TPSA) is 9.23 Å². The Morgan fingerprint density at radius 2 is 1.33 bits per heavy atom. The van der Waals surface area contributed by atoms with Gasteiger partial charge in [-0.3, -0.25) is 0 Å². The highest BCUT2D eigenvalue weighted by molar-refractivity contribution is 7.14. The van der Waals surface area contributed by atoms with E-state index in [0.29, 0.717) is 0 Å². The molecule has 1 atom stereocenters. The first kappa shape index (κ1) is 16.3. The molecule has 24 heavy (non-hydrogen) atoms. The third kappa shape index (κ3) is 2.21. The predicted molar refractivity (Wildman–Crippen MR) is 108 cm³/mol. The molecule has 0 aromatic heterocycles. The lowest BCUT2D eigenvalue weighted by Gasteiger charge is -2.43. The summed E-state index contributed by atoms with van der Waals surface area (Å²) in [6, 6.07) is 23.1. The fourth-order valence-electron chi connectivity index (χ4n) is 4.96. The van der Waals surface area contributed by atoms with Crippen molar-refractivity contribution in [3.63, 3.8) is 0 Å². The van der Waals surface area contributed by atoms with E-state index in [1.807, 2.05) is 0 Å². The van der Waals surface area contributed by atoms with Gasteiger partial charge in [-0.2, -0.15) is 0 Å². The summed E-state index contributed by atoms with van der Waals surface area (Å²) in [5.41, 5.74) is 0. The molecule has 4 rings (SSSR count). The predicted octanol–water partition coefficient (Wildman–Crippen LogP) is 3.91. The number of fused-ring (bicyclic) bond motifs is 2. The quantitative estimate of drug-likeness (QED) is 0.707. The van der Waals surface area contributed by atoms with E-state index in [0.717, 1.165) is 0 Å². The zero-order chi connectivity index (χ0) is 16.8. The van der Waals surface area contributed by atoms with Gasteiger partial charge < -0.3 is 4.12 Å². The molecule has 126 valence electrons. The van der Waals surface area contributed by atoms with E-state index in [4.69, 9.17) is 4.12 Å². The van der Waals surface area contributed by atoms with Crippen molar-refractivity contribution in [2.24, 2.45) is 0 Å². The molecule has 0 bridgehead atoms. The summed E-state index contributed by atoms with van der Waals surface area (Å²) in [5.74, 6) is 0. The minimum absolute atomic E-state index is 0.151. The standard InChI is InChI=1S/C21H28OSi2/c1-21(2,3)24(18-12-6-4-7-13-18)20-15-9-8-14-19(20)23(22-24)16-10-5-11-17-23/h4,6-9,12-15H,5,10-11,16-17H2,1-3H3/t24-/m0/s1. The monoisotopic (exact) mass is 352 g/mol. The molecular weight excluding hydrogens is 324 g/mol. The Balaban J connectivity index is 1.99. The van der Waals surface area contributed by atoms with Crippen LogP contribution in [-0.2, 0) is 4.12 Å². The Morgan fingerprint density at radius 3 is 1.96 bits per heavy atom. The van der Waals surface area contributed by atoms with Crippen molar-refractivity contribution in [2.45, 2.75) is 57.2 Å². The Kier molecular flexibility index (Phi) is 3.86. The SMILES string of the molecule is CC(C)(C)[Si@@]1(c2ccccc2)O[Si]2(CCCCC2)c2ccccc21. The maximum absolute atomic E-state index is 7.48. The highest BCUT2D eigenvalue weighted by Crippen LogP contribution is 2.44. The van der Waals surface area contributed by atoms with Crippen molar-refractivity contribution < 1.29 is 4.12 Å². The van der Waals surface area contributed by atoms with E-state index >= 15 is 0 Å². The zero-order valence-electron chi connectivity index (χ0n) is 15.1. The zero-order valence-corrected chi connectivity index (χ0v) is 17.1. The number of hydrogen-bond acceptors (Lipinski definition) is 1. The minimum atomic E-state index is -2.23. The average molecular weight is 353 g/mol. The van der Waals surface area contributed by atoms with Crippen LogP contribution < -0.4 is 15.6 Å². The molecule has 2 aliphatic rings. The lowest BCUT2D eigenvalue weighted by Crippen LogP contribution is -2.65. The molecule has 0 saturated carbocycles. The fraction of sp³-hybridized carbons (Fsp3) is 0.429. The highest BCUT2D eigenvalue weighted by atomic mass is 28.4. The lowest BCUT2D eigenvalue weighted by atomic mass is 10.2. The van der Waals surface area contributed by atoms with Gasteiger partial charge in [0.1, 0.15) is 0 Å². The van der Waals surface area contributed by atoms with Crippen LogP contribution in [0.25, 0.3) is 0 Å². The largest absolute Gasteiger partial charge is 0.445 e. The molecule has 2 heterocycles. The molecule has 1 nitrogen and oxygen atoms in total. The second-order valence-corrected chi connectivity index (χ2v) is 16.8. The molecule has 2 aliphatic heterocycles. The van der Waals surface area contributed by atoms with Gasteiger partial charge in [-0.05, 0) is 32.7 Å². The van der Waals surface area contributed by atoms with E-state index in [-0.39, 0.29) is 5.04 Å². The van der Waals surface area contributed by atoms with Crippen LogP contribution in [-0.4, -0.2) is 16.6 Å². The normalized spacial score (nSPS) is 25.6. The van der Waals surface area contributed by atoms with Crippen LogP contribution in [0.2, 0.25) is 17.1 Å². The van der Waals surface area contributed by atoms with Crippen molar-refractivity contribution in [3.05, 3.63) is 54.6 Å². The van der Waals surface area contributed by atoms with E-state index in [9.17, 15) is 0 Å². The first-order valence-corrected chi connectivity index (χ1v) is 13.6. The summed E-state index contributed by atoms with van der Waals surface area (Å²) in [5, 5.41) is 4.82. The third-order valence-electron chi connectivity index (χ3n) is 6.04. The van der Waals surface area contributed by atoms with Crippen molar-refractivity contribution in [1.82, 2.24) is 0 Å². The highest BCUT2D eigenvalue weighted by Gasteiger charge is 2.62. The van der Waals surface area contributed by atoms with E-state index in [2.05, 4.69) is 75.4 Å². The van der Waals surface area contributed by atoms with Crippen LogP contribution in [0.4, 0.5) is 0 Å². The van der Waals surface area contributed by atoms with Crippen LogP contribution in [0.5, 0.6) is 0 Å². The second kappa shape index (κ2) is 5.68. The van der Waals surface area contributed by atoms with Gasteiger partial charge in [0.05, 0.1) is 0 Å². The molecule has 3 heteroatoms. The summed E-state index contributed by atoms with van der Waals surface area (Å²) in [6.07, 6.45) is 4.09. The Bertz CT molecular complexity index is 729. The Morgan fingerprint density at radius 1 is 0.750 bits per heavy atom. The van der Waals surface area contributed by atoms with Crippen molar-refractivity contribution >= 4 is 32.2 Å². The number of hydrogen-bond donors (Lipinski definition) is 0. The van der Waals surface area contributed by atoms with Gasteiger partial charge in [-0.1, -0.05) is 94.6 Å². The maximum Gasteiger partial charge on any atom is 0.250 e. The molecule has 1 fully saturated rings. The number of benzene rings is 2. The van der Waals surface area contributed by atoms with Gasteiger partial charge in [0.25, 0.3) is 8.32 Å². The Hall–Kier alpha value is -1.17. The second-order valence-electron chi connectivity index (χ2n) is 8.50. The van der Waals surface area contributed by atoms with Gasteiger partial charge in [-0.15, -0.1) is 0 Å². The summed E-state index contributed by atoms with van der Waals surface area (Å²) < 4.78 is 7.48. The third-order valence-corrected chi connectivity index (χ3v) is 17.3. The lowest BCUT2D eigenvalue weighted by molar-refractivity contribution is 0.488. The molecule has 0 aliphatic carbocycles. The van der Waals surface area contributed by atoms with Gasteiger partial charge >= 0.3 is 0 Å². The fourth-order valence-corrected chi connectivity index (χ4v) is 18.8. The molecule has 2 aromatic carbocycles. The molecule has 0 amide bonds. The van der Waals surface area contributed by atoms with Crippen molar-refractivity contribution in [2.75, 3.05) is 0 Å². The number of rotatable bonds is 1. The van der Waals surface area contributed by atoms with Crippen LogP contribution >= 0.6 is 0 Å². The first-order chi connectivity index (χ1) is 11.5. The molecule has 0 N–H and O–H groups in total. The van der Waals surface area contributed by atoms with Crippen LogP contribution in [0.1, 0.15) is 40.0 Å². The summed E-state index contributed by atoms with van der Waals surface area (Å²) in [6.45, 7) is 7.21. The molecule has 1 spiro atoms. The average Bonchev–Trinajstić information content (AvgIpc) is 2.88. The summed E-state index contributed by atoms with van der Waals surface area (Å²) >= 11 is 0. The molecule has 1 saturated heterocycles. The van der Waals surface area contributed by atoms with Crippen LogP contribution in [0.3, 0.4) is 0 Å². The summed E-state index contributed by atoms with van der Waals surface area (Å²) in [7, 11) is -4.04. The smallest absolute Gasteiger partial charge is 0.250 e. The van der Waals surface area contributed by atoms with E-state index < -0.39 is 16.6 Å². The first-order valence-electron chi connectivity index (χ1n) is 9.35. The van der Waals surface area contributed by atoms with Gasteiger partial charge in [0, 0.05) is 0 Å².